The number of rotatable bonds is 4. The van der Waals surface area contributed by atoms with Gasteiger partial charge in [-0.25, -0.2) is 0 Å². The molecule has 1 fully saturated rings. The van der Waals surface area contributed by atoms with Crippen LogP contribution in [0.15, 0.2) is 24.3 Å². The molecular formula is C14H22N2S. The van der Waals surface area contributed by atoms with Crippen molar-refractivity contribution in [2.75, 3.05) is 18.8 Å². The van der Waals surface area contributed by atoms with E-state index in [9.17, 15) is 0 Å². The summed E-state index contributed by atoms with van der Waals surface area (Å²) in [5, 5.41) is 0.826. The third kappa shape index (κ3) is 3.73. The Morgan fingerprint density at radius 1 is 1.29 bits per heavy atom. The molecule has 17 heavy (non-hydrogen) atoms. The fraction of sp³-hybridized carbons (Fsp3) is 0.571. The van der Waals surface area contributed by atoms with Crippen LogP contribution < -0.4 is 5.73 Å². The Morgan fingerprint density at radius 2 is 2.00 bits per heavy atom. The lowest BCUT2D eigenvalue weighted by Crippen LogP contribution is -2.36. The van der Waals surface area contributed by atoms with Gasteiger partial charge in [0.2, 0.25) is 0 Å². The zero-order valence-electron chi connectivity index (χ0n) is 10.6. The molecule has 0 bridgehead atoms. The molecule has 1 heterocycles. The molecule has 1 atom stereocenters. The van der Waals surface area contributed by atoms with Gasteiger partial charge in [0.25, 0.3) is 0 Å². The second-order valence-electron chi connectivity index (χ2n) is 4.66. The molecule has 1 unspecified atom stereocenters. The standard InChI is InChI=1S/C14H22N2S/c1-2-14-11-16(7-8-17-14)10-13-5-3-12(9-15)4-6-13/h3-6,14H,2,7-11,15H2,1H3. The van der Waals surface area contributed by atoms with E-state index in [2.05, 4.69) is 47.9 Å². The van der Waals surface area contributed by atoms with Crippen molar-refractivity contribution in [2.24, 2.45) is 5.73 Å². The zero-order chi connectivity index (χ0) is 12.1. The number of thioether (sulfide) groups is 1. The maximum atomic E-state index is 5.61. The molecule has 0 aliphatic carbocycles. The number of hydrogen-bond acceptors (Lipinski definition) is 3. The zero-order valence-corrected chi connectivity index (χ0v) is 11.4. The van der Waals surface area contributed by atoms with Crippen LogP contribution in [0.4, 0.5) is 0 Å². The van der Waals surface area contributed by atoms with Crippen molar-refractivity contribution in [3.05, 3.63) is 35.4 Å². The van der Waals surface area contributed by atoms with E-state index in [-0.39, 0.29) is 0 Å². The first kappa shape index (κ1) is 12.9. The quantitative estimate of drug-likeness (QED) is 0.890. The summed E-state index contributed by atoms with van der Waals surface area (Å²) >= 11 is 2.13. The molecule has 2 nitrogen and oxygen atoms in total. The highest BCUT2D eigenvalue weighted by Gasteiger charge is 2.18. The van der Waals surface area contributed by atoms with Crippen LogP contribution in [0.5, 0.6) is 0 Å². The molecule has 1 aromatic rings. The highest BCUT2D eigenvalue weighted by atomic mass is 32.2. The molecule has 1 aliphatic rings. The fourth-order valence-corrected chi connectivity index (χ4v) is 3.46. The minimum absolute atomic E-state index is 0.637. The average molecular weight is 250 g/mol. The molecule has 0 saturated carbocycles. The highest BCUT2D eigenvalue weighted by Crippen LogP contribution is 2.22. The summed E-state index contributed by atoms with van der Waals surface area (Å²) in [6.45, 7) is 6.47. The Labute approximate surface area is 109 Å². The van der Waals surface area contributed by atoms with Gasteiger partial charge in [-0.2, -0.15) is 11.8 Å². The molecule has 2 N–H and O–H groups in total. The number of nitrogens with two attached hydrogens (primary N) is 1. The summed E-state index contributed by atoms with van der Waals surface area (Å²) in [4.78, 5) is 2.57. The lowest BCUT2D eigenvalue weighted by atomic mass is 10.1. The van der Waals surface area contributed by atoms with Crippen molar-refractivity contribution >= 4 is 11.8 Å². The Bertz CT molecular complexity index is 337. The largest absolute Gasteiger partial charge is 0.326 e. The van der Waals surface area contributed by atoms with Gasteiger partial charge in [-0.05, 0) is 17.5 Å². The fourth-order valence-electron chi connectivity index (χ4n) is 2.21. The Balaban J connectivity index is 1.90. The highest BCUT2D eigenvalue weighted by molar-refractivity contribution is 8.00. The van der Waals surface area contributed by atoms with Crippen LogP contribution in [0.2, 0.25) is 0 Å². The molecule has 1 saturated heterocycles. The monoisotopic (exact) mass is 250 g/mol. The van der Waals surface area contributed by atoms with Crippen LogP contribution in [0, 0.1) is 0 Å². The van der Waals surface area contributed by atoms with E-state index in [1.165, 1.54) is 36.4 Å². The van der Waals surface area contributed by atoms with Crippen LogP contribution in [0.3, 0.4) is 0 Å². The first-order chi connectivity index (χ1) is 8.31. The van der Waals surface area contributed by atoms with Crippen molar-refractivity contribution in [1.29, 1.82) is 0 Å². The third-order valence-corrected chi connectivity index (χ3v) is 4.72. The minimum Gasteiger partial charge on any atom is -0.326 e. The maximum absolute atomic E-state index is 5.61. The Morgan fingerprint density at radius 3 is 2.65 bits per heavy atom. The summed E-state index contributed by atoms with van der Waals surface area (Å²) in [6.07, 6.45) is 1.28. The summed E-state index contributed by atoms with van der Waals surface area (Å²) in [6, 6.07) is 8.71. The van der Waals surface area contributed by atoms with Gasteiger partial charge >= 0.3 is 0 Å². The third-order valence-electron chi connectivity index (χ3n) is 3.34. The van der Waals surface area contributed by atoms with E-state index < -0.39 is 0 Å². The van der Waals surface area contributed by atoms with Crippen LogP contribution in [-0.2, 0) is 13.1 Å². The summed E-state index contributed by atoms with van der Waals surface area (Å²) < 4.78 is 0. The van der Waals surface area contributed by atoms with Crippen LogP contribution in [-0.4, -0.2) is 29.0 Å². The van der Waals surface area contributed by atoms with Crippen molar-refractivity contribution in [1.82, 2.24) is 4.90 Å². The average Bonchev–Trinajstić information content (AvgIpc) is 2.40. The summed E-state index contributed by atoms with van der Waals surface area (Å²) in [5.41, 5.74) is 8.23. The van der Waals surface area contributed by atoms with Crippen molar-refractivity contribution in [3.8, 4) is 0 Å². The summed E-state index contributed by atoms with van der Waals surface area (Å²) in [7, 11) is 0. The molecule has 94 valence electrons. The van der Waals surface area contributed by atoms with Gasteiger partial charge in [-0.3, -0.25) is 4.90 Å². The molecule has 0 radical (unpaired) electrons. The van der Waals surface area contributed by atoms with Gasteiger partial charge in [0.1, 0.15) is 0 Å². The van der Waals surface area contributed by atoms with Crippen molar-refractivity contribution in [3.63, 3.8) is 0 Å². The van der Waals surface area contributed by atoms with Gasteiger partial charge in [0.05, 0.1) is 0 Å². The molecule has 0 spiro atoms. The van der Waals surface area contributed by atoms with Gasteiger partial charge in [0, 0.05) is 37.2 Å². The van der Waals surface area contributed by atoms with Gasteiger partial charge < -0.3 is 5.73 Å². The smallest absolute Gasteiger partial charge is 0.0234 e. The molecule has 3 heteroatoms. The molecule has 0 amide bonds. The normalized spacial score (nSPS) is 21.6. The molecule has 0 aromatic heterocycles. The first-order valence-electron chi connectivity index (χ1n) is 6.43. The van der Waals surface area contributed by atoms with E-state index in [1.54, 1.807) is 0 Å². The number of nitrogens with zero attached hydrogens (tertiary/aromatic N) is 1. The summed E-state index contributed by atoms with van der Waals surface area (Å²) in [5.74, 6) is 1.28. The second kappa shape index (κ2) is 6.43. The molecule has 2 rings (SSSR count). The molecular weight excluding hydrogens is 228 g/mol. The Hall–Kier alpha value is -0.510. The van der Waals surface area contributed by atoms with Crippen molar-refractivity contribution < 1.29 is 0 Å². The lowest BCUT2D eigenvalue weighted by molar-refractivity contribution is 0.273. The van der Waals surface area contributed by atoms with Gasteiger partial charge in [0.15, 0.2) is 0 Å². The predicted molar refractivity (Wildman–Crippen MR) is 76.1 cm³/mol. The maximum Gasteiger partial charge on any atom is 0.0234 e. The predicted octanol–water partition coefficient (Wildman–Crippen LogP) is 2.47. The van der Waals surface area contributed by atoms with Crippen LogP contribution in [0.1, 0.15) is 24.5 Å². The van der Waals surface area contributed by atoms with E-state index in [0.29, 0.717) is 6.54 Å². The molecule has 1 aliphatic heterocycles. The van der Waals surface area contributed by atoms with E-state index in [0.717, 1.165) is 11.8 Å². The van der Waals surface area contributed by atoms with E-state index >= 15 is 0 Å². The molecule has 1 aromatic carbocycles. The van der Waals surface area contributed by atoms with Crippen molar-refractivity contribution in [2.45, 2.75) is 31.7 Å². The second-order valence-corrected chi connectivity index (χ2v) is 6.07. The Kier molecular flexibility index (Phi) is 4.89. The topological polar surface area (TPSA) is 29.3 Å². The van der Waals surface area contributed by atoms with Crippen LogP contribution in [0.25, 0.3) is 0 Å². The van der Waals surface area contributed by atoms with E-state index in [1.807, 2.05) is 0 Å². The van der Waals surface area contributed by atoms with E-state index in [4.69, 9.17) is 5.73 Å². The SMILES string of the molecule is CCC1CN(Cc2ccc(CN)cc2)CCS1. The minimum atomic E-state index is 0.637. The van der Waals surface area contributed by atoms with Gasteiger partial charge in [-0.1, -0.05) is 31.2 Å². The van der Waals surface area contributed by atoms with Crippen LogP contribution >= 0.6 is 11.8 Å². The first-order valence-corrected chi connectivity index (χ1v) is 7.48. The number of benzene rings is 1. The lowest BCUT2D eigenvalue weighted by Gasteiger charge is -2.31. The van der Waals surface area contributed by atoms with Gasteiger partial charge in [-0.15, -0.1) is 0 Å². The number of hydrogen-bond donors (Lipinski definition) is 1.